The molecular weight excluding hydrogens is 456 g/mol. The molecule has 0 aromatic heterocycles. The van der Waals surface area contributed by atoms with E-state index in [2.05, 4.69) is 6.92 Å². The second-order valence-electron chi connectivity index (χ2n) is 8.93. The standard InChI is InChI=1S/C22H40O12/c1-2-3-4-5-6-7-8-9-15(25)31-12-22(20(30)17(27)14(11-24)33-22)34-21-19(29)18(28)16(26)13(10-23)32-21/h13-14,16-21,23-24,26-30H,2-12H2,1H3/t13-,14-,16-,17-,18+,19-,20+,21-,22+/m1/s1. The van der Waals surface area contributed by atoms with Crippen LogP contribution in [0.25, 0.3) is 0 Å². The average molecular weight is 497 g/mol. The van der Waals surface area contributed by atoms with E-state index in [1.807, 2.05) is 0 Å². The summed E-state index contributed by atoms with van der Waals surface area (Å²) < 4.78 is 21.6. The predicted molar refractivity (Wildman–Crippen MR) is 115 cm³/mol. The number of hydrogen-bond acceptors (Lipinski definition) is 12. The molecule has 7 N–H and O–H groups in total. The van der Waals surface area contributed by atoms with Crippen molar-refractivity contribution in [2.45, 2.75) is 113 Å². The third-order valence-electron chi connectivity index (χ3n) is 6.27. The van der Waals surface area contributed by atoms with Gasteiger partial charge in [-0.15, -0.1) is 0 Å². The Morgan fingerprint density at radius 1 is 0.824 bits per heavy atom. The summed E-state index contributed by atoms with van der Waals surface area (Å²) in [5, 5.41) is 69.8. The molecule has 0 saturated carbocycles. The molecule has 0 unspecified atom stereocenters. The molecule has 0 bridgehead atoms. The van der Waals surface area contributed by atoms with Crippen LogP contribution in [0.5, 0.6) is 0 Å². The molecule has 2 aliphatic heterocycles. The highest BCUT2D eigenvalue weighted by Crippen LogP contribution is 2.36. The summed E-state index contributed by atoms with van der Waals surface area (Å²) >= 11 is 0. The first-order valence-electron chi connectivity index (χ1n) is 12.0. The summed E-state index contributed by atoms with van der Waals surface area (Å²) in [5.74, 6) is -2.83. The van der Waals surface area contributed by atoms with Crippen LogP contribution < -0.4 is 0 Å². The number of carbonyl (C=O) groups is 1. The van der Waals surface area contributed by atoms with E-state index in [4.69, 9.17) is 18.9 Å². The van der Waals surface area contributed by atoms with E-state index >= 15 is 0 Å². The fraction of sp³-hybridized carbons (Fsp3) is 0.955. The Morgan fingerprint density at radius 3 is 2.03 bits per heavy atom. The van der Waals surface area contributed by atoms with Gasteiger partial charge >= 0.3 is 5.97 Å². The minimum absolute atomic E-state index is 0.117. The maximum Gasteiger partial charge on any atom is 0.305 e. The van der Waals surface area contributed by atoms with Gasteiger partial charge in [0.2, 0.25) is 5.79 Å². The molecule has 2 rings (SSSR count). The van der Waals surface area contributed by atoms with Crippen molar-refractivity contribution in [3.05, 3.63) is 0 Å². The first-order chi connectivity index (χ1) is 16.2. The zero-order chi connectivity index (χ0) is 25.3. The molecule has 2 aliphatic rings. The molecule has 9 atom stereocenters. The van der Waals surface area contributed by atoms with Crippen molar-refractivity contribution >= 4 is 5.97 Å². The minimum Gasteiger partial charge on any atom is -0.460 e. The molecule has 12 heteroatoms. The first kappa shape index (κ1) is 29.3. The van der Waals surface area contributed by atoms with E-state index in [1.165, 1.54) is 6.42 Å². The normalized spacial score (nSPS) is 38.2. The van der Waals surface area contributed by atoms with E-state index in [-0.39, 0.29) is 6.42 Å². The summed E-state index contributed by atoms with van der Waals surface area (Å²) in [6, 6.07) is 0. The van der Waals surface area contributed by atoms with Gasteiger partial charge in [0.1, 0.15) is 49.3 Å². The molecule has 0 radical (unpaired) electrons. The van der Waals surface area contributed by atoms with Crippen LogP contribution in [0.15, 0.2) is 0 Å². The topological polar surface area (TPSA) is 196 Å². The summed E-state index contributed by atoms with van der Waals surface area (Å²) in [6.45, 7) is 0.0312. The monoisotopic (exact) mass is 496 g/mol. The zero-order valence-corrected chi connectivity index (χ0v) is 19.6. The van der Waals surface area contributed by atoms with E-state index in [1.54, 1.807) is 0 Å². The Bertz CT molecular complexity index is 604. The Morgan fingerprint density at radius 2 is 1.44 bits per heavy atom. The van der Waals surface area contributed by atoms with Gasteiger partial charge in [-0.25, -0.2) is 0 Å². The first-order valence-corrected chi connectivity index (χ1v) is 12.0. The summed E-state index contributed by atoms with van der Waals surface area (Å²) in [5.41, 5.74) is 0. The van der Waals surface area contributed by atoms with Crippen molar-refractivity contribution in [2.24, 2.45) is 0 Å². The number of aliphatic hydroxyl groups is 7. The van der Waals surface area contributed by atoms with E-state index < -0.39 is 80.6 Å². The lowest BCUT2D eigenvalue weighted by Gasteiger charge is -2.43. The van der Waals surface area contributed by atoms with Crippen molar-refractivity contribution < 1.29 is 59.5 Å². The van der Waals surface area contributed by atoms with Gasteiger partial charge < -0.3 is 54.7 Å². The number of unbranched alkanes of at least 4 members (excludes halogenated alkanes) is 6. The molecule has 200 valence electrons. The molecule has 34 heavy (non-hydrogen) atoms. The highest BCUT2D eigenvalue weighted by atomic mass is 16.8. The van der Waals surface area contributed by atoms with E-state index in [0.717, 1.165) is 32.1 Å². The Kier molecular flexibility index (Phi) is 12.0. The van der Waals surface area contributed by atoms with Crippen LogP contribution in [-0.4, -0.2) is 116 Å². The van der Waals surface area contributed by atoms with Crippen molar-refractivity contribution in [3.63, 3.8) is 0 Å². The van der Waals surface area contributed by atoms with Gasteiger partial charge in [0, 0.05) is 6.42 Å². The second-order valence-corrected chi connectivity index (χ2v) is 8.93. The minimum atomic E-state index is -2.24. The number of hydrogen-bond donors (Lipinski definition) is 7. The zero-order valence-electron chi connectivity index (χ0n) is 19.6. The molecule has 2 fully saturated rings. The smallest absolute Gasteiger partial charge is 0.305 e. The summed E-state index contributed by atoms with van der Waals surface area (Å²) in [6.07, 6.45) is -5.79. The van der Waals surface area contributed by atoms with Gasteiger partial charge in [0.05, 0.1) is 13.2 Å². The van der Waals surface area contributed by atoms with Crippen molar-refractivity contribution in [3.8, 4) is 0 Å². The third-order valence-corrected chi connectivity index (χ3v) is 6.27. The highest BCUT2D eigenvalue weighted by Gasteiger charge is 2.59. The second kappa shape index (κ2) is 14.0. The quantitative estimate of drug-likeness (QED) is 0.106. The Hall–Kier alpha value is -0.930. The van der Waals surface area contributed by atoms with Gasteiger partial charge in [-0.05, 0) is 6.42 Å². The third kappa shape index (κ3) is 7.29. The van der Waals surface area contributed by atoms with Crippen molar-refractivity contribution in [1.29, 1.82) is 0 Å². The fourth-order valence-corrected chi connectivity index (χ4v) is 4.10. The molecule has 2 saturated heterocycles. The summed E-state index contributed by atoms with van der Waals surface area (Å²) in [7, 11) is 0. The van der Waals surface area contributed by atoms with Crippen LogP contribution in [0, 0.1) is 0 Å². The molecule has 0 amide bonds. The molecule has 0 aromatic rings. The van der Waals surface area contributed by atoms with E-state index in [9.17, 15) is 40.5 Å². The summed E-state index contributed by atoms with van der Waals surface area (Å²) in [4.78, 5) is 12.3. The maximum absolute atomic E-state index is 12.3. The van der Waals surface area contributed by atoms with Crippen LogP contribution in [-0.2, 0) is 23.7 Å². The number of carbonyl (C=O) groups excluding carboxylic acids is 1. The number of esters is 1. The van der Waals surface area contributed by atoms with Crippen LogP contribution in [0.1, 0.15) is 58.3 Å². The number of rotatable bonds is 14. The van der Waals surface area contributed by atoms with Gasteiger partial charge in [-0.1, -0.05) is 45.4 Å². The van der Waals surface area contributed by atoms with Crippen LogP contribution in [0.3, 0.4) is 0 Å². The molecule has 0 spiro atoms. The van der Waals surface area contributed by atoms with Gasteiger partial charge in [-0.3, -0.25) is 4.79 Å². The lowest BCUT2D eigenvalue weighted by atomic mass is 9.99. The highest BCUT2D eigenvalue weighted by molar-refractivity contribution is 5.69. The predicted octanol–water partition coefficient (Wildman–Crippen LogP) is -1.70. The van der Waals surface area contributed by atoms with Gasteiger partial charge in [0.15, 0.2) is 6.29 Å². The SMILES string of the molecule is CCCCCCCCCC(=O)OC[C@@]1(O[C@H]2O[C@H](CO)[C@@H](O)[C@H](O)[C@H]2O)O[C@H](CO)[C@@H](O)[C@@H]1O. The van der Waals surface area contributed by atoms with Gasteiger partial charge in [-0.2, -0.15) is 0 Å². The molecule has 0 aromatic carbocycles. The van der Waals surface area contributed by atoms with Crippen LogP contribution in [0.4, 0.5) is 0 Å². The van der Waals surface area contributed by atoms with Crippen LogP contribution in [0.2, 0.25) is 0 Å². The average Bonchev–Trinajstić information content (AvgIpc) is 3.07. The maximum atomic E-state index is 12.3. The molecule has 0 aliphatic carbocycles. The Balaban J connectivity index is 2.00. The number of aliphatic hydroxyl groups excluding tert-OH is 7. The largest absolute Gasteiger partial charge is 0.460 e. The van der Waals surface area contributed by atoms with Crippen LogP contribution >= 0.6 is 0 Å². The lowest BCUT2D eigenvalue weighted by molar-refractivity contribution is -0.383. The Labute approximate surface area is 199 Å². The fourth-order valence-electron chi connectivity index (χ4n) is 4.10. The van der Waals surface area contributed by atoms with Crippen molar-refractivity contribution in [2.75, 3.05) is 19.8 Å². The van der Waals surface area contributed by atoms with E-state index in [0.29, 0.717) is 6.42 Å². The molecule has 2 heterocycles. The van der Waals surface area contributed by atoms with Crippen molar-refractivity contribution in [1.82, 2.24) is 0 Å². The van der Waals surface area contributed by atoms with Gasteiger partial charge in [0.25, 0.3) is 0 Å². The number of ether oxygens (including phenoxy) is 4. The molecular formula is C22H40O12. The molecule has 12 nitrogen and oxygen atoms in total. The lowest BCUT2D eigenvalue weighted by Crippen LogP contribution is -2.62.